The molecule has 0 aliphatic carbocycles. The Kier molecular flexibility index (Phi) is 4.17. The third-order valence-electron chi connectivity index (χ3n) is 3.09. The van der Waals surface area contributed by atoms with Crippen LogP contribution in [0.1, 0.15) is 33.2 Å². The van der Waals surface area contributed by atoms with Crippen molar-refractivity contribution in [2.45, 2.75) is 26.1 Å². The van der Waals surface area contributed by atoms with Gasteiger partial charge in [-0.1, -0.05) is 40.9 Å². The highest BCUT2D eigenvalue weighted by Gasteiger charge is 2.16. The Balaban J connectivity index is 2.49. The standard InChI is InChI=1S/C16H15Cl2F/c1-9-4-10(2)6-12(5-9)16(18)13-7-11(3)15(19)8-14(13)17/h4-8,16H,1-3H3. The Morgan fingerprint density at radius 2 is 1.53 bits per heavy atom. The van der Waals surface area contributed by atoms with Crippen molar-refractivity contribution in [3.63, 3.8) is 0 Å². The van der Waals surface area contributed by atoms with Crippen LogP contribution in [-0.2, 0) is 0 Å². The van der Waals surface area contributed by atoms with Crippen LogP contribution in [0.3, 0.4) is 0 Å². The fraction of sp³-hybridized carbons (Fsp3) is 0.250. The normalized spacial score (nSPS) is 12.5. The van der Waals surface area contributed by atoms with Gasteiger partial charge in [0.25, 0.3) is 0 Å². The van der Waals surface area contributed by atoms with E-state index < -0.39 is 0 Å². The van der Waals surface area contributed by atoms with E-state index in [9.17, 15) is 4.39 Å². The van der Waals surface area contributed by atoms with Gasteiger partial charge in [-0.05, 0) is 49.6 Å². The van der Waals surface area contributed by atoms with Crippen molar-refractivity contribution in [2.24, 2.45) is 0 Å². The Bertz CT molecular complexity index is 600. The molecule has 0 aromatic heterocycles. The molecular weight excluding hydrogens is 282 g/mol. The number of hydrogen-bond donors (Lipinski definition) is 0. The molecule has 1 unspecified atom stereocenters. The van der Waals surface area contributed by atoms with Crippen LogP contribution in [0.15, 0.2) is 30.3 Å². The molecule has 0 aliphatic heterocycles. The second-order valence-corrected chi connectivity index (χ2v) is 5.75. The van der Waals surface area contributed by atoms with Crippen LogP contribution in [-0.4, -0.2) is 0 Å². The zero-order valence-corrected chi connectivity index (χ0v) is 12.6. The van der Waals surface area contributed by atoms with Crippen molar-refractivity contribution in [3.8, 4) is 0 Å². The van der Waals surface area contributed by atoms with E-state index in [0.29, 0.717) is 10.6 Å². The largest absolute Gasteiger partial charge is 0.207 e. The molecule has 0 heterocycles. The first-order chi connectivity index (χ1) is 8.88. The van der Waals surface area contributed by atoms with Crippen LogP contribution in [0.25, 0.3) is 0 Å². The zero-order valence-electron chi connectivity index (χ0n) is 11.1. The topological polar surface area (TPSA) is 0 Å². The summed E-state index contributed by atoms with van der Waals surface area (Å²) in [5.74, 6) is -0.307. The molecule has 0 amide bonds. The van der Waals surface area contributed by atoms with E-state index in [2.05, 4.69) is 6.07 Å². The molecule has 0 spiro atoms. The second kappa shape index (κ2) is 5.52. The molecule has 3 heteroatoms. The third-order valence-corrected chi connectivity index (χ3v) is 3.90. The van der Waals surface area contributed by atoms with Gasteiger partial charge in [0, 0.05) is 5.02 Å². The molecule has 0 aliphatic rings. The SMILES string of the molecule is Cc1cc(C)cc(C(Cl)c2cc(C)c(F)cc2Cl)c1. The minimum atomic E-state index is -0.370. The summed E-state index contributed by atoms with van der Waals surface area (Å²) < 4.78 is 13.4. The molecule has 0 fully saturated rings. The highest BCUT2D eigenvalue weighted by Crippen LogP contribution is 2.35. The average molecular weight is 297 g/mol. The van der Waals surface area contributed by atoms with Crippen molar-refractivity contribution in [1.29, 1.82) is 0 Å². The molecule has 2 aromatic rings. The van der Waals surface area contributed by atoms with Crippen LogP contribution >= 0.6 is 23.2 Å². The summed E-state index contributed by atoms with van der Waals surface area (Å²) in [5.41, 5.74) is 4.57. The summed E-state index contributed by atoms with van der Waals surface area (Å²) in [6, 6.07) is 9.18. The van der Waals surface area contributed by atoms with Crippen LogP contribution in [0.4, 0.5) is 4.39 Å². The summed E-state index contributed by atoms with van der Waals surface area (Å²) in [6.07, 6.45) is 0. The molecule has 0 N–H and O–H groups in total. The smallest absolute Gasteiger partial charge is 0.127 e. The molecule has 2 rings (SSSR count). The van der Waals surface area contributed by atoms with Gasteiger partial charge in [0.05, 0.1) is 5.38 Å². The maximum atomic E-state index is 13.4. The Labute approximate surface area is 123 Å². The van der Waals surface area contributed by atoms with Gasteiger partial charge in [0.15, 0.2) is 0 Å². The molecule has 0 nitrogen and oxygen atoms in total. The molecule has 1 atom stereocenters. The predicted octanol–water partition coefficient (Wildman–Crippen LogP) is 5.73. The lowest BCUT2D eigenvalue weighted by Gasteiger charge is -2.15. The molecule has 0 saturated heterocycles. The molecule has 0 bridgehead atoms. The van der Waals surface area contributed by atoms with Crippen molar-refractivity contribution >= 4 is 23.2 Å². The van der Waals surface area contributed by atoms with Gasteiger partial charge in [-0.2, -0.15) is 0 Å². The minimum Gasteiger partial charge on any atom is -0.207 e. The molecule has 2 aromatic carbocycles. The van der Waals surface area contributed by atoms with E-state index in [-0.39, 0.29) is 11.2 Å². The molecule has 0 radical (unpaired) electrons. The number of hydrogen-bond acceptors (Lipinski definition) is 0. The van der Waals surface area contributed by atoms with Crippen molar-refractivity contribution in [2.75, 3.05) is 0 Å². The van der Waals surface area contributed by atoms with Gasteiger partial charge in [-0.25, -0.2) is 4.39 Å². The van der Waals surface area contributed by atoms with Crippen molar-refractivity contribution < 1.29 is 4.39 Å². The van der Waals surface area contributed by atoms with Crippen LogP contribution in [0.2, 0.25) is 5.02 Å². The van der Waals surface area contributed by atoms with E-state index in [1.165, 1.54) is 6.07 Å². The first kappa shape index (κ1) is 14.4. The molecule has 0 saturated carbocycles. The molecule has 100 valence electrons. The monoisotopic (exact) mass is 296 g/mol. The highest BCUT2D eigenvalue weighted by molar-refractivity contribution is 6.33. The third kappa shape index (κ3) is 3.10. The van der Waals surface area contributed by atoms with Gasteiger partial charge in [-0.15, -0.1) is 11.6 Å². The Morgan fingerprint density at radius 3 is 2.11 bits per heavy atom. The number of benzene rings is 2. The Hall–Kier alpha value is -1.05. The van der Waals surface area contributed by atoms with Crippen LogP contribution in [0.5, 0.6) is 0 Å². The second-order valence-electron chi connectivity index (χ2n) is 4.91. The predicted molar refractivity (Wildman–Crippen MR) is 79.8 cm³/mol. The van der Waals surface area contributed by atoms with Crippen LogP contribution in [0, 0.1) is 26.6 Å². The van der Waals surface area contributed by atoms with Crippen molar-refractivity contribution in [1.82, 2.24) is 0 Å². The van der Waals surface area contributed by atoms with Crippen molar-refractivity contribution in [3.05, 3.63) is 69.0 Å². The zero-order chi connectivity index (χ0) is 14.2. The molecular formula is C16H15Cl2F. The first-order valence-corrected chi connectivity index (χ1v) is 6.87. The number of halogens is 3. The fourth-order valence-corrected chi connectivity index (χ4v) is 2.83. The summed E-state index contributed by atoms with van der Waals surface area (Å²) in [4.78, 5) is 0. The summed E-state index contributed by atoms with van der Waals surface area (Å²) in [5, 5.41) is -0.00680. The van der Waals surface area contributed by atoms with Crippen LogP contribution < -0.4 is 0 Å². The first-order valence-electron chi connectivity index (χ1n) is 6.06. The lowest BCUT2D eigenvalue weighted by molar-refractivity contribution is 0.618. The maximum absolute atomic E-state index is 13.4. The maximum Gasteiger partial charge on any atom is 0.127 e. The lowest BCUT2D eigenvalue weighted by atomic mass is 9.99. The average Bonchev–Trinajstić information content (AvgIpc) is 2.31. The van der Waals surface area contributed by atoms with Gasteiger partial charge >= 0.3 is 0 Å². The fourth-order valence-electron chi connectivity index (χ4n) is 2.21. The van der Waals surface area contributed by atoms with Gasteiger partial charge in [0.1, 0.15) is 5.82 Å². The van der Waals surface area contributed by atoms with E-state index in [0.717, 1.165) is 22.3 Å². The summed E-state index contributed by atoms with van der Waals surface area (Å²) >= 11 is 12.6. The van der Waals surface area contributed by atoms with E-state index >= 15 is 0 Å². The van der Waals surface area contributed by atoms with E-state index in [1.807, 2.05) is 26.0 Å². The van der Waals surface area contributed by atoms with Gasteiger partial charge in [-0.3, -0.25) is 0 Å². The number of rotatable bonds is 2. The number of aryl methyl sites for hydroxylation is 3. The molecule has 19 heavy (non-hydrogen) atoms. The van der Waals surface area contributed by atoms with Gasteiger partial charge in [0.2, 0.25) is 0 Å². The minimum absolute atomic E-state index is 0.307. The number of alkyl halides is 1. The van der Waals surface area contributed by atoms with E-state index in [1.54, 1.807) is 13.0 Å². The quantitative estimate of drug-likeness (QED) is 0.621. The lowest BCUT2D eigenvalue weighted by Crippen LogP contribution is -1.98. The van der Waals surface area contributed by atoms with Gasteiger partial charge < -0.3 is 0 Å². The summed E-state index contributed by atoms with van der Waals surface area (Å²) in [7, 11) is 0. The summed E-state index contributed by atoms with van der Waals surface area (Å²) in [6.45, 7) is 5.76. The highest BCUT2D eigenvalue weighted by atomic mass is 35.5. The Morgan fingerprint density at radius 1 is 0.947 bits per heavy atom. The van der Waals surface area contributed by atoms with E-state index in [4.69, 9.17) is 23.2 Å².